The van der Waals surface area contributed by atoms with Crippen molar-refractivity contribution in [2.45, 2.75) is 44.5 Å². The second kappa shape index (κ2) is 17300. The van der Waals surface area contributed by atoms with E-state index in [1.807, 2.05) is 0 Å². The van der Waals surface area contributed by atoms with Gasteiger partial charge in [0.25, 0.3) is 0 Å². The van der Waals surface area contributed by atoms with E-state index in [-0.39, 0.29) is 37.1 Å². The van der Waals surface area contributed by atoms with Crippen molar-refractivity contribution in [3.8, 4) is 0 Å². The summed E-state index contributed by atoms with van der Waals surface area (Å²) in [6, 6.07) is 0. The minimum Gasteiger partial charge on any atom is -0.344 e. The molecule has 0 aliphatic carbocycles. The van der Waals surface area contributed by atoms with Crippen LogP contribution in [0.1, 0.15) is 45.9 Å². The molecular formula is C6H60N12. The van der Waals surface area contributed by atoms with Crippen LogP contribution >= 0.6 is 0 Å². The topological polar surface area (TPSA) is 420 Å². The van der Waals surface area contributed by atoms with Gasteiger partial charge in [-0.15, -0.1) is 0 Å². The number of hydrogen-bond donors (Lipinski definition) is 12. The second-order valence-electron chi connectivity index (χ2n) is 0. The Kier molecular flexibility index (Phi) is 29300. The molecule has 0 saturated heterocycles. The average molecular weight is 317 g/mol. The summed E-state index contributed by atoms with van der Waals surface area (Å²) >= 11 is 0. The third kappa shape index (κ3) is 14200. The molecule has 0 aliphatic heterocycles. The Labute approximate surface area is 138 Å². The third-order valence-electron chi connectivity index (χ3n) is 0. The Morgan fingerprint density at radius 1 is 0.389 bits per heavy atom. The van der Waals surface area contributed by atoms with Crippen LogP contribution in [0.5, 0.6) is 0 Å². The summed E-state index contributed by atoms with van der Waals surface area (Å²) in [5, 5.41) is 0. The highest BCUT2D eigenvalue weighted by atomic mass is 14.0. The van der Waals surface area contributed by atoms with E-state index in [1.165, 1.54) is 7.40 Å². The molecule has 0 spiro atoms. The Morgan fingerprint density at radius 2 is 0.389 bits per heavy atom. The molecule has 36 N–H and O–H groups in total. The van der Waals surface area contributed by atoms with E-state index in [0.717, 1.165) is 0 Å². The van der Waals surface area contributed by atoms with Crippen LogP contribution < -0.4 is 73.7 Å². The summed E-state index contributed by atoms with van der Waals surface area (Å²) in [4.78, 5) is 0. The molecule has 12 heteroatoms. The molecule has 0 rings (SSSR count). The number of rotatable bonds is 0. The maximum absolute atomic E-state index is 5.75. The summed E-state index contributed by atoms with van der Waals surface area (Å²) in [5.74, 6) is 0. The molecule has 0 fully saturated rings. The molecule has 0 unspecified atom stereocenters. The molecule has 0 saturated carbocycles. The first-order valence-electron chi connectivity index (χ1n) is 7.93. The van der Waals surface area contributed by atoms with Gasteiger partial charge in [-0.1, -0.05) is 44.5 Å². The molecule has 144 valence electrons. The Bertz CT molecular complexity index is 46.9. The smallest absolute Gasteiger partial charge is 0.115 e. The maximum Gasteiger partial charge on any atom is 0.115 e. The van der Waals surface area contributed by atoms with Gasteiger partial charge >= 0.3 is 0 Å². The maximum atomic E-state index is 5.75. The fraction of sp³-hybridized carbons (Fsp3) is 1.00. The standard InChI is InChI=1S/6CH4.12H3N/h6*1H4;12*1H3/i1T;;;;;;;;;;;;;;;;;/hT2D10. The van der Waals surface area contributed by atoms with Gasteiger partial charge in [0.15, 0.2) is 0 Å². The first-order chi connectivity index (χ1) is 13.0. The lowest BCUT2D eigenvalue weighted by atomic mass is 12.0. The molecule has 0 bridgehead atoms. The lowest BCUT2D eigenvalue weighted by Crippen LogP contribution is -0.482. The second-order valence-corrected chi connectivity index (χ2v) is 0. The summed E-state index contributed by atoms with van der Waals surface area (Å²) in [5.41, 5.74) is 0. The van der Waals surface area contributed by atoms with Gasteiger partial charge in [-0.2, -0.15) is 0 Å². The van der Waals surface area contributed by atoms with E-state index < -0.39 is 0 Å². The molecule has 18 heavy (non-hydrogen) atoms. The van der Waals surface area contributed by atoms with Crippen LogP contribution in [0.4, 0.5) is 0 Å². The highest BCUT2D eigenvalue weighted by Crippen LogP contribution is 0.149. The molecule has 12 nitrogen and oxygen atoms in total. The molecule has 0 aromatic carbocycles. The lowest BCUT2D eigenvalue weighted by Gasteiger charge is -0.345. The van der Waals surface area contributed by atoms with Crippen LogP contribution in [0.3, 0.4) is 0 Å². The minimum absolute atomic E-state index is 0. The Hall–Kier alpha value is -0.480. The molecule has 0 radical (unpaired) electrons. The van der Waals surface area contributed by atoms with Gasteiger partial charge in [-0.25, -0.2) is 0 Å². The largest absolute Gasteiger partial charge is 0.344 e. The van der Waals surface area contributed by atoms with Crippen molar-refractivity contribution in [3.63, 3.8) is 0 Å². The highest BCUT2D eigenvalue weighted by molar-refractivity contribution is 2.51. The van der Waals surface area contributed by atoms with Gasteiger partial charge in [0.05, 0.1) is 0 Å². The van der Waals surface area contributed by atoms with Crippen molar-refractivity contribution in [1.29, 1.82) is 0 Å². The van der Waals surface area contributed by atoms with Gasteiger partial charge in [-0.3, -0.25) is 0 Å². The molecule has 0 aliphatic rings. The molecule has 0 aromatic heterocycles. The van der Waals surface area contributed by atoms with E-state index in [4.69, 9.17) is 18.3 Å². The summed E-state index contributed by atoms with van der Waals surface area (Å²) < 4.78 is 68.8. The van der Waals surface area contributed by atoms with Crippen LogP contribution in [0, 0.1) is 0 Å². The number of hydrogen-bond acceptors (Lipinski definition) is 12. The fourth-order valence-electron chi connectivity index (χ4n) is 0. The summed E-state index contributed by atoms with van der Waals surface area (Å²) in [6.07, 6.45) is 45.0. The molecule has 0 heterocycles. The predicted octanol–water partition coefficient (Wildman–Crippen LogP) is 5.76. The predicted molar refractivity (Wildman–Crippen MR) is 101 cm³/mol. The van der Waals surface area contributed by atoms with Crippen LogP contribution in [-0.2, 0) is 0 Å². The zero-order valence-corrected chi connectivity index (χ0v) is 7.93. The van der Waals surface area contributed by atoms with Crippen molar-refractivity contribution in [1.82, 2.24) is 73.7 Å². The van der Waals surface area contributed by atoms with Crippen molar-refractivity contribution in [2.75, 3.05) is 0 Å². The van der Waals surface area contributed by atoms with E-state index >= 15 is 0 Å². The van der Waals surface area contributed by atoms with Crippen LogP contribution in [-0.4, -0.2) is 0 Å². The fourth-order valence-corrected chi connectivity index (χ4v) is 0. The molecular weight excluding hydrogens is 240 g/mol. The monoisotopic (exact) mass is 317 g/mol. The van der Waals surface area contributed by atoms with Crippen molar-refractivity contribution in [3.05, 3.63) is 0 Å². The third-order valence-corrected chi connectivity index (χ3v) is 0. The average Bonchev–Trinajstić information content (AvgIpc) is 2.90. The van der Waals surface area contributed by atoms with Gasteiger partial charge < -0.3 is 73.7 Å². The van der Waals surface area contributed by atoms with Gasteiger partial charge in [0, 0.05) is 1.37 Å². The summed E-state index contributed by atoms with van der Waals surface area (Å²) in [7, 11) is 1.25. The summed E-state index contributed by atoms with van der Waals surface area (Å²) in [6.45, 7) is 0. The zero-order chi connectivity index (χ0) is 26.0. The van der Waals surface area contributed by atoms with Gasteiger partial charge in [0.1, 0.15) is 16.9 Å². The van der Waals surface area contributed by atoms with Gasteiger partial charge in [0.2, 0.25) is 0 Å². The zero-order valence-electron chi connectivity index (χ0n) is 20.9. The SMILES string of the molecule is C.C.C.C.C.[2H]N.[2H]N.[2H]N.[2H]N.[2H]N.[2H]N.[2H]N.[2H]N.[2H]N.[2H]N.[3H]C.[3H]N.[3H]N. The minimum atomic E-state index is 0. The van der Waals surface area contributed by atoms with Crippen molar-refractivity contribution >= 4 is 0 Å². The van der Waals surface area contributed by atoms with E-state index in [2.05, 4.69) is 73.7 Å². The lowest BCUT2D eigenvalue weighted by molar-refractivity contribution is 2.13. The van der Waals surface area contributed by atoms with Gasteiger partial charge in [-0.05, 0) is 0 Å². The molecule has 0 aromatic rings. The first-order valence-corrected chi connectivity index (χ1v) is 0. The van der Waals surface area contributed by atoms with Crippen LogP contribution in [0.25, 0.3) is 0 Å². The normalized spacial score (nSPS) is 5.06. The molecule has 0 amide bonds. The highest BCUT2D eigenvalue weighted by Gasteiger charge is -0.0723. The Balaban J connectivity index is -0.00000000364. The molecule has 0 atom stereocenters. The van der Waals surface area contributed by atoms with E-state index in [9.17, 15) is 0 Å². The Morgan fingerprint density at radius 3 is 0.389 bits per heavy atom. The quantitative estimate of drug-likeness (QED) is 0.253. The van der Waals surface area contributed by atoms with E-state index in [1.54, 1.807) is 0 Å². The van der Waals surface area contributed by atoms with Crippen molar-refractivity contribution < 1.29 is 18.3 Å². The van der Waals surface area contributed by atoms with Crippen LogP contribution in [0.15, 0.2) is 0 Å². The van der Waals surface area contributed by atoms with E-state index in [0.29, 0.717) is 0 Å². The van der Waals surface area contributed by atoms with Crippen LogP contribution in [0.2, 0.25) is 16.9 Å². The first kappa shape index (κ1) is 30.5. The van der Waals surface area contributed by atoms with Crippen molar-refractivity contribution in [2.24, 2.45) is 0 Å².